The van der Waals surface area contributed by atoms with Crippen molar-refractivity contribution < 1.29 is 13.9 Å². The molecule has 0 fully saturated rings. The van der Waals surface area contributed by atoms with E-state index in [1.54, 1.807) is 18.6 Å². The molecule has 0 aliphatic carbocycles. The molecule has 0 radical (unpaired) electrons. The summed E-state index contributed by atoms with van der Waals surface area (Å²) in [5.74, 6) is 1.50. The number of esters is 1. The maximum Gasteiger partial charge on any atom is 0.303 e. The number of H-pyrrole nitrogens is 1. The number of nitrogens with one attached hydrogen (secondary N) is 1. The van der Waals surface area contributed by atoms with Gasteiger partial charge in [-0.1, -0.05) is 0 Å². The van der Waals surface area contributed by atoms with Gasteiger partial charge in [-0.2, -0.15) is 0 Å². The summed E-state index contributed by atoms with van der Waals surface area (Å²) >= 11 is 0. The fraction of sp³-hybridized carbons (Fsp3) is 0.350. The van der Waals surface area contributed by atoms with Gasteiger partial charge in [-0.05, 0) is 18.6 Å². The van der Waals surface area contributed by atoms with Crippen molar-refractivity contribution in [2.45, 2.75) is 32.9 Å². The van der Waals surface area contributed by atoms with Crippen LogP contribution in [-0.4, -0.2) is 43.9 Å². The second kappa shape index (κ2) is 8.36. The molecule has 0 spiro atoms. The molecule has 1 aliphatic heterocycles. The average Bonchev–Trinajstić information content (AvgIpc) is 3.06. The Hall–Kier alpha value is -3.33. The monoisotopic (exact) mass is 395 g/mol. The highest BCUT2D eigenvalue weighted by Crippen LogP contribution is 2.17. The maximum absolute atomic E-state index is 12.6. The number of carbonyl (C=O) groups is 1. The highest BCUT2D eigenvalue weighted by atomic mass is 16.5. The summed E-state index contributed by atoms with van der Waals surface area (Å²) in [5, 5.41) is 0. The van der Waals surface area contributed by atoms with Crippen LogP contribution in [0.4, 0.5) is 0 Å². The molecule has 0 amide bonds. The van der Waals surface area contributed by atoms with Crippen LogP contribution in [0.25, 0.3) is 11.5 Å². The Morgan fingerprint density at radius 3 is 2.86 bits per heavy atom. The van der Waals surface area contributed by atoms with E-state index in [0.717, 1.165) is 30.1 Å². The first-order chi connectivity index (χ1) is 14.1. The summed E-state index contributed by atoms with van der Waals surface area (Å²) < 4.78 is 10.7. The van der Waals surface area contributed by atoms with Crippen molar-refractivity contribution in [3.8, 4) is 11.5 Å². The molecule has 4 heterocycles. The molecule has 9 nitrogen and oxygen atoms in total. The van der Waals surface area contributed by atoms with Crippen molar-refractivity contribution in [3.05, 3.63) is 63.9 Å². The summed E-state index contributed by atoms with van der Waals surface area (Å²) in [6, 6.07) is 3.69. The quantitative estimate of drug-likeness (QED) is 0.646. The lowest BCUT2D eigenvalue weighted by Crippen LogP contribution is -2.26. The molecule has 0 aromatic carbocycles. The van der Waals surface area contributed by atoms with Gasteiger partial charge in [0, 0.05) is 44.4 Å². The maximum atomic E-state index is 12.6. The molecule has 3 aromatic heterocycles. The first kappa shape index (κ1) is 19.0. The smallest absolute Gasteiger partial charge is 0.303 e. The molecule has 9 heteroatoms. The Morgan fingerprint density at radius 1 is 1.24 bits per heavy atom. The van der Waals surface area contributed by atoms with Crippen molar-refractivity contribution >= 4 is 5.97 Å². The topological polar surface area (TPSA) is 114 Å². The van der Waals surface area contributed by atoms with Crippen LogP contribution in [0, 0.1) is 0 Å². The first-order valence-corrected chi connectivity index (χ1v) is 9.40. The third kappa shape index (κ3) is 4.57. The number of carbonyl (C=O) groups excluding carboxylic acids is 1. The van der Waals surface area contributed by atoms with E-state index in [1.165, 1.54) is 6.92 Å². The standard InChI is InChI=1S/C20H21N5O4/c1-13(26)28-12-15-3-2-14(29-15)11-25-8-4-16-17(5-9-25)23-19(24-20(16)27)18-10-21-6-7-22-18/h2-3,6-7,10H,4-5,8-9,11-12H2,1H3,(H,23,24,27). The molecular formula is C20H21N5O4. The van der Waals surface area contributed by atoms with Crippen molar-refractivity contribution in [1.82, 2.24) is 24.8 Å². The van der Waals surface area contributed by atoms with E-state index in [2.05, 4.69) is 24.8 Å². The Labute approximate surface area is 166 Å². The van der Waals surface area contributed by atoms with Crippen LogP contribution in [0.3, 0.4) is 0 Å². The Morgan fingerprint density at radius 2 is 2.07 bits per heavy atom. The number of rotatable bonds is 5. The number of furan rings is 1. The predicted octanol–water partition coefficient (Wildman–Crippen LogP) is 1.48. The molecule has 3 aromatic rings. The lowest BCUT2D eigenvalue weighted by molar-refractivity contribution is -0.142. The summed E-state index contributed by atoms with van der Waals surface area (Å²) in [4.78, 5) is 41.4. The molecule has 0 saturated carbocycles. The van der Waals surface area contributed by atoms with Crippen LogP contribution in [0.5, 0.6) is 0 Å². The van der Waals surface area contributed by atoms with Gasteiger partial charge in [0.25, 0.3) is 5.56 Å². The minimum atomic E-state index is -0.341. The fourth-order valence-electron chi connectivity index (χ4n) is 3.33. The molecule has 150 valence electrons. The van der Waals surface area contributed by atoms with Crippen LogP contribution in [0.15, 0.2) is 39.9 Å². The molecule has 0 unspecified atom stereocenters. The number of aromatic amines is 1. The number of fused-ring (bicyclic) bond motifs is 1. The van der Waals surface area contributed by atoms with E-state index in [9.17, 15) is 9.59 Å². The normalized spacial score (nSPS) is 14.2. The predicted molar refractivity (Wildman–Crippen MR) is 103 cm³/mol. The van der Waals surface area contributed by atoms with Crippen LogP contribution in [-0.2, 0) is 35.5 Å². The number of hydrogen-bond acceptors (Lipinski definition) is 8. The molecule has 0 atom stereocenters. The molecule has 4 rings (SSSR count). The SMILES string of the molecule is CC(=O)OCc1ccc(CN2CCc3nc(-c4cnccn4)[nH]c(=O)c3CC2)o1. The van der Waals surface area contributed by atoms with Crippen LogP contribution >= 0.6 is 0 Å². The van der Waals surface area contributed by atoms with Crippen molar-refractivity contribution in [2.75, 3.05) is 13.1 Å². The van der Waals surface area contributed by atoms with E-state index >= 15 is 0 Å². The molecule has 1 N–H and O–H groups in total. The minimum Gasteiger partial charge on any atom is -0.461 e. The van der Waals surface area contributed by atoms with E-state index < -0.39 is 0 Å². The summed E-state index contributed by atoms with van der Waals surface area (Å²) in [7, 11) is 0. The van der Waals surface area contributed by atoms with Crippen molar-refractivity contribution in [3.63, 3.8) is 0 Å². The number of hydrogen-bond donors (Lipinski definition) is 1. The van der Waals surface area contributed by atoms with Crippen molar-refractivity contribution in [2.24, 2.45) is 0 Å². The molecule has 0 saturated heterocycles. The summed E-state index contributed by atoms with van der Waals surface area (Å²) in [6.45, 7) is 3.59. The number of ether oxygens (including phenoxy) is 1. The highest BCUT2D eigenvalue weighted by molar-refractivity contribution is 5.65. The third-order valence-electron chi connectivity index (χ3n) is 4.76. The lowest BCUT2D eigenvalue weighted by atomic mass is 10.1. The second-order valence-corrected chi connectivity index (χ2v) is 6.85. The highest BCUT2D eigenvalue weighted by Gasteiger charge is 2.20. The molecule has 0 bridgehead atoms. The van der Waals surface area contributed by atoms with Gasteiger partial charge in [-0.3, -0.25) is 19.5 Å². The zero-order valence-electron chi connectivity index (χ0n) is 16.1. The first-order valence-electron chi connectivity index (χ1n) is 9.40. The summed E-state index contributed by atoms with van der Waals surface area (Å²) in [5.41, 5.74) is 1.94. The number of nitrogens with zero attached hydrogens (tertiary/aromatic N) is 4. The minimum absolute atomic E-state index is 0.126. The second-order valence-electron chi connectivity index (χ2n) is 6.85. The zero-order valence-corrected chi connectivity index (χ0v) is 16.1. The van der Waals surface area contributed by atoms with Crippen LogP contribution in [0.2, 0.25) is 0 Å². The van der Waals surface area contributed by atoms with Crippen LogP contribution < -0.4 is 5.56 Å². The van der Waals surface area contributed by atoms with Crippen LogP contribution in [0.1, 0.15) is 29.7 Å². The third-order valence-corrected chi connectivity index (χ3v) is 4.76. The molecular weight excluding hydrogens is 374 g/mol. The van der Waals surface area contributed by atoms with E-state index in [1.807, 2.05) is 12.1 Å². The van der Waals surface area contributed by atoms with Gasteiger partial charge >= 0.3 is 5.97 Å². The van der Waals surface area contributed by atoms with E-state index in [0.29, 0.717) is 36.7 Å². The largest absolute Gasteiger partial charge is 0.461 e. The van der Waals surface area contributed by atoms with Gasteiger partial charge in [0.05, 0.1) is 18.4 Å². The Bertz CT molecular complexity index is 1060. The van der Waals surface area contributed by atoms with Crippen molar-refractivity contribution in [1.29, 1.82) is 0 Å². The van der Waals surface area contributed by atoms with Gasteiger partial charge in [-0.25, -0.2) is 9.97 Å². The number of aromatic nitrogens is 4. The van der Waals surface area contributed by atoms with Gasteiger partial charge in [0.15, 0.2) is 5.82 Å². The van der Waals surface area contributed by atoms with E-state index in [4.69, 9.17) is 9.15 Å². The Kier molecular flexibility index (Phi) is 5.48. The zero-order chi connectivity index (χ0) is 20.2. The van der Waals surface area contributed by atoms with Gasteiger partial charge < -0.3 is 14.1 Å². The molecule has 29 heavy (non-hydrogen) atoms. The van der Waals surface area contributed by atoms with E-state index in [-0.39, 0.29) is 18.1 Å². The molecule has 1 aliphatic rings. The fourth-order valence-corrected chi connectivity index (χ4v) is 3.33. The average molecular weight is 395 g/mol. The van der Waals surface area contributed by atoms with Gasteiger partial charge in [0.2, 0.25) is 0 Å². The summed E-state index contributed by atoms with van der Waals surface area (Å²) in [6.07, 6.45) is 6.00. The van der Waals surface area contributed by atoms with Gasteiger partial charge in [0.1, 0.15) is 23.8 Å². The lowest BCUT2D eigenvalue weighted by Gasteiger charge is -2.17. The van der Waals surface area contributed by atoms with Gasteiger partial charge in [-0.15, -0.1) is 0 Å². The Balaban J connectivity index is 1.45.